The van der Waals surface area contributed by atoms with Crippen molar-refractivity contribution in [3.05, 3.63) is 47.7 Å². The van der Waals surface area contributed by atoms with Gasteiger partial charge in [0, 0.05) is 21.7 Å². The lowest BCUT2D eigenvalue weighted by atomic mass is 10.1. The summed E-state index contributed by atoms with van der Waals surface area (Å²) in [6.07, 6.45) is 1.80. The third-order valence-electron chi connectivity index (χ3n) is 3.02. The average Bonchev–Trinajstić information content (AvgIpc) is 2.79. The number of halogens is 1. The first-order chi connectivity index (χ1) is 8.84. The molecule has 0 aliphatic carbocycles. The third kappa shape index (κ3) is 1.29. The van der Waals surface area contributed by atoms with Gasteiger partial charge in [-0.15, -0.1) is 11.3 Å². The minimum atomic E-state index is 0.562. The summed E-state index contributed by atoms with van der Waals surface area (Å²) in [6, 6.07) is 12.1. The molecule has 86 valence electrons. The molecule has 0 unspecified atom stereocenters. The topological polar surface area (TPSA) is 25.8 Å². The zero-order valence-electron chi connectivity index (χ0n) is 9.22. The fraction of sp³-hybridized carbons (Fsp3) is 0. The molecule has 0 radical (unpaired) electrons. The molecule has 2 nitrogen and oxygen atoms in total. The van der Waals surface area contributed by atoms with Gasteiger partial charge in [0.1, 0.15) is 5.15 Å². The van der Waals surface area contributed by atoms with E-state index in [0.29, 0.717) is 5.15 Å². The van der Waals surface area contributed by atoms with Gasteiger partial charge in [0.15, 0.2) is 0 Å². The lowest BCUT2D eigenvalue weighted by molar-refractivity contribution is 1.37. The van der Waals surface area contributed by atoms with Crippen molar-refractivity contribution in [3.63, 3.8) is 0 Å². The summed E-state index contributed by atoms with van der Waals surface area (Å²) < 4.78 is 2.23. The summed E-state index contributed by atoms with van der Waals surface area (Å²) >= 11 is 7.95. The van der Waals surface area contributed by atoms with Gasteiger partial charge < -0.3 is 0 Å². The number of nitrogens with zero attached hydrogens (tertiary/aromatic N) is 2. The van der Waals surface area contributed by atoms with Crippen molar-refractivity contribution in [1.29, 1.82) is 0 Å². The van der Waals surface area contributed by atoms with E-state index >= 15 is 0 Å². The van der Waals surface area contributed by atoms with E-state index in [1.807, 2.05) is 24.3 Å². The molecule has 3 aromatic heterocycles. The summed E-state index contributed by atoms with van der Waals surface area (Å²) in [6.45, 7) is 0. The van der Waals surface area contributed by atoms with Crippen molar-refractivity contribution in [2.75, 3.05) is 0 Å². The molecule has 0 amide bonds. The van der Waals surface area contributed by atoms with Crippen molar-refractivity contribution in [2.45, 2.75) is 0 Å². The van der Waals surface area contributed by atoms with Crippen LogP contribution in [0.3, 0.4) is 0 Å². The second kappa shape index (κ2) is 3.64. The van der Waals surface area contributed by atoms with Gasteiger partial charge in [-0.2, -0.15) is 0 Å². The van der Waals surface area contributed by atoms with E-state index in [-0.39, 0.29) is 0 Å². The largest absolute Gasteiger partial charge is 0.254 e. The molecule has 4 aromatic rings. The van der Waals surface area contributed by atoms with Crippen LogP contribution >= 0.6 is 22.9 Å². The number of pyridine rings is 2. The Bertz CT molecular complexity index is 898. The number of hydrogen-bond acceptors (Lipinski definition) is 3. The lowest BCUT2D eigenvalue weighted by Gasteiger charge is -2.00. The van der Waals surface area contributed by atoms with Crippen LogP contribution in [0.5, 0.6) is 0 Å². The van der Waals surface area contributed by atoms with Crippen LogP contribution in [0.1, 0.15) is 0 Å². The van der Waals surface area contributed by atoms with Gasteiger partial charge in [-0.3, -0.25) is 4.98 Å². The van der Waals surface area contributed by atoms with Gasteiger partial charge in [-0.1, -0.05) is 29.8 Å². The summed E-state index contributed by atoms with van der Waals surface area (Å²) in [5.74, 6) is 0. The molecule has 0 saturated heterocycles. The molecule has 4 heteroatoms. The maximum Gasteiger partial charge on any atom is 0.147 e. The van der Waals surface area contributed by atoms with Crippen molar-refractivity contribution in [3.8, 4) is 0 Å². The predicted molar refractivity (Wildman–Crippen MR) is 77.4 cm³/mol. The van der Waals surface area contributed by atoms with Gasteiger partial charge >= 0.3 is 0 Å². The molecule has 0 atom stereocenters. The van der Waals surface area contributed by atoms with Crippen molar-refractivity contribution in [1.82, 2.24) is 9.97 Å². The van der Waals surface area contributed by atoms with E-state index < -0.39 is 0 Å². The van der Waals surface area contributed by atoms with Crippen LogP contribution in [0.25, 0.3) is 31.2 Å². The number of rotatable bonds is 0. The molecule has 0 aliphatic rings. The van der Waals surface area contributed by atoms with Crippen molar-refractivity contribution >= 4 is 54.1 Å². The lowest BCUT2D eigenvalue weighted by Crippen LogP contribution is -1.84. The van der Waals surface area contributed by atoms with Crippen LogP contribution in [0.2, 0.25) is 5.15 Å². The standard InChI is InChI=1S/C14H7ClN2S/c15-14-13-11(8-4-1-2-6-10(8)18-13)12-9(17-14)5-3-7-16-12/h1-7H. The van der Waals surface area contributed by atoms with E-state index in [0.717, 1.165) is 21.1 Å². The molecular weight excluding hydrogens is 264 g/mol. The molecule has 3 heterocycles. The van der Waals surface area contributed by atoms with E-state index in [1.165, 1.54) is 10.1 Å². The molecule has 18 heavy (non-hydrogen) atoms. The first-order valence-corrected chi connectivity index (χ1v) is 6.75. The van der Waals surface area contributed by atoms with Gasteiger partial charge in [0.05, 0.1) is 15.7 Å². The van der Waals surface area contributed by atoms with Crippen molar-refractivity contribution < 1.29 is 0 Å². The van der Waals surface area contributed by atoms with Crippen molar-refractivity contribution in [2.24, 2.45) is 0 Å². The van der Waals surface area contributed by atoms with Crippen LogP contribution < -0.4 is 0 Å². The Hall–Kier alpha value is -1.71. The van der Waals surface area contributed by atoms with Gasteiger partial charge in [0.2, 0.25) is 0 Å². The molecule has 0 saturated carbocycles. The maximum atomic E-state index is 6.28. The Morgan fingerprint density at radius 1 is 1.06 bits per heavy atom. The van der Waals surface area contributed by atoms with Gasteiger partial charge in [-0.05, 0) is 18.2 Å². The smallest absolute Gasteiger partial charge is 0.147 e. The predicted octanol–water partition coefficient (Wildman–Crippen LogP) is 4.65. The van der Waals surface area contributed by atoms with Crippen LogP contribution in [0.15, 0.2) is 42.6 Å². The zero-order chi connectivity index (χ0) is 12.1. The minimum Gasteiger partial charge on any atom is -0.254 e. The van der Waals surface area contributed by atoms with Crippen LogP contribution in [-0.2, 0) is 0 Å². The van der Waals surface area contributed by atoms with Gasteiger partial charge in [-0.25, -0.2) is 4.98 Å². The summed E-state index contributed by atoms with van der Waals surface area (Å²) in [5.41, 5.74) is 1.77. The third-order valence-corrected chi connectivity index (χ3v) is 4.59. The highest BCUT2D eigenvalue weighted by Crippen LogP contribution is 2.39. The average molecular weight is 271 g/mol. The quantitative estimate of drug-likeness (QED) is 0.435. The molecule has 1 aromatic carbocycles. The highest BCUT2D eigenvalue weighted by atomic mass is 35.5. The Morgan fingerprint density at radius 2 is 1.94 bits per heavy atom. The Balaban J connectivity index is 2.41. The highest BCUT2D eigenvalue weighted by Gasteiger charge is 2.13. The summed E-state index contributed by atoms with van der Waals surface area (Å²) in [4.78, 5) is 8.87. The van der Waals surface area contributed by atoms with Crippen LogP contribution in [-0.4, -0.2) is 9.97 Å². The van der Waals surface area contributed by atoms with E-state index in [9.17, 15) is 0 Å². The SMILES string of the molecule is Clc1nc2cccnc2c2c1sc1ccccc12. The molecule has 0 bridgehead atoms. The monoisotopic (exact) mass is 270 g/mol. The highest BCUT2D eigenvalue weighted by molar-refractivity contribution is 7.26. The molecule has 0 aliphatic heterocycles. The Kier molecular flexibility index (Phi) is 2.07. The molecule has 0 spiro atoms. The molecule has 4 rings (SSSR count). The number of aromatic nitrogens is 2. The number of fused-ring (bicyclic) bond motifs is 5. The number of hydrogen-bond donors (Lipinski definition) is 0. The molecule has 0 fully saturated rings. The van der Waals surface area contributed by atoms with E-state index in [4.69, 9.17) is 11.6 Å². The minimum absolute atomic E-state index is 0.562. The second-order valence-electron chi connectivity index (χ2n) is 4.08. The fourth-order valence-corrected chi connectivity index (χ4v) is 3.65. The number of benzene rings is 1. The number of thiophene rings is 1. The second-order valence-corrected chi connectivity index (χ2v) is 5.49. The summed E-state index contributed by atoms with van der Waals surface area (Å²) in [7, 11) is 0. The normalized spacial score (nSPS) is 11.6. The fourth-order valence-electron chi connectivity index (χ4n) is 2.26. The van der Waals surface area contributed by atoms with E-state index in [1.54, 1.807) is 17.5 Å². The first-order valence-electron chi connectivity index (χ1n) is 5.56. The van der Waals surface area contributed by atoms with Crippen LogP contribution in [0.4, 0.5) is 0 Å². The maximum absolute atomic E-state index is 6.28. The summed E-state index contributed by atoms with van der Waals surface area (Å²) in [5, 5.41) is 2.88. The van der Waals surface area contributed by atoms with Crippen LogP contribution in [0, 0.1) is 0 Å². The zero-order valence-corrected chi connectivity index (χ0v) is 10.8. The van der Waals surface area contributed by atoms with E-state index in [2.05, 4.69) is 22.1 Å². The Morgan fingerprint density at radius 3 is 2.89 bits per heavy atom. The molecular formula is C14H7ClN2S. The van der Waals surface area contributed by atoms with Gasteiger partial charge in [0.25, 0.3) is 0 Å². The Labute approximate surface area is 112 Å². The molecule has 0 N–H and O–H groups in total. The first kappa shape index (κ1) is 10.2.